The predicted octanol–water partition coefficient (Wildman–Crippen LogP) is -0.0349. The summed E-state index contributed by atoms with van der Waals surface area (Å²) in [5, 5.41) is 27.0. The predicted molar refractivity (Wildman–Crippen MR) is 104 cm³/mol. The summed E-state index contributed by atoms with van der Waals surface area (Å²) >= 11 is 0. The van der Waals surface area contributed by atoms with Crippen LogP contribution in [-0.4, -0.2) is 73.0 Å². The van der Waals surface area contributed by atoms with E-state index in [2.05, 4.69) is 10.6 Å². The maximum absolute atomic E-state index is 12.7. The van der Waals surface area contributed by atoms with Gasteiger partial charge in [0.25, 0.3) is 0 Å². The van der Waals surface area contributed by atoms with E-state index in [1.807, 2.05) is 27.7 Å². The Morgan fingerprint density at radius 3 is 2.30 bits per heavy atom. The number of amides is 1. The average molecular weight is 390 g/mol. The summed E-state index contributed by atoms with van der Waals surface area (Å²) < 4.78 is 11.3. The molecule has 1 amide bonds. The number of hydrogen-bond acceptors (Lipinski definition) is 7. The Hall–Kier alpha value is -0.770. The first-order valence-electron chi connectivity index (χ1n) is 10.1. The Kier molecular flexibility index (Phi) is 11.4. The van der Waals surface area contributed by atoms with Crippen molar-refractivity contribution in [2.75, 3.05) is 26.2 Å². The van der Waals surface area contributed by atoms with Gasteiger partial charge in [0.1, 0.15) is 12.2 Å². The fourth-order valence-corrected chi connectivity index (χ4v) is 3.28. The van der Waals surface area contributed by atoms with E-state index in [1.54, 1.807) is 0 Å². The van der Waals surface area contributed by atoms with Gasteiger partial charge in [-0.3, -0.25) is 4.79 Å². The third-order valence-corrected chi connectivity index (χ3v) is 4.73. The second-order valence-electron chi connectivity index (χ2n) is 7.80. The van der Waals surface area contributed by atoms with E-state index in [4.69, 9.17) is 15.2 Å². The Bertz CT molecular complexity index is 420. The van der Waals surface area contributed by atoms with Gasteiger partial charge in [0.2, 0.25) is 5.91 Å². The molecule has 1 rings (SSSR count). The molecule has 160 valence electrons. The maximum Gasteiger partial charge on any atom is 0.249 e. The Labute approximate surface area is 163 Å². The SMILES string of the molecule is CC(C)OC1OC(C(=O)NCCCCNCCCN)C(C(C)C)C(O)C1O. The normalized spacial score (nSPS) is 28.7. The molecule has 0 aromatic heterocycles. The molecule has 5 atom stereocenters. The van der Waals surface area contributed by atoms with Crippen LogP contribution in [0.15, 0.2) is 0 Å². The van der Waals surface area contributed by atoms with Crippen LogP contribution in [0, 0.1) is 11.8 Å². The molecular formula is C19H39N3O5. The molecule has 0 bridgehead atoms. The molecule has 5 unspecified atom stereocenters. The van der Waals surface area contributed by atoms with E-state index < -0.39 is 30.5 Å². The highest BCUT2D eigenvalue weighted by atomic mass is 16.7. The van der Waals surface area contributed by atoms with E-state index in [0.29, 0.717) is 13.1 Å². The summed E-state index contributed by atoms with van der Waals surface area (Å²) in [7, 11) is 0. The second-order valence-corrected chi connectivity index (χ2v) is 7.80. The zero-order valence-electron chi connectivity index (χ0n) is 17.2. The van der Waals surface area contributed by atoms with E-state index in [1.165, 1.54) is 0 Å². The van der Waals surface area contributed by atoms with Crippen molar-refractivity contribution in [3.63, 3.8) is 0 Å². The number of nitrogens with one attached hydrogen (secondary N) is 2. The van der Waals surface area contributed by atoms with Crippen LogP contribution in [0.2, 0.25) is 0 Å². The van der Waals surface area contributed by atoms with Crippen molar-refractivity contribution < 1.29 is 24.5 Å². The van der Waals surface area contributed by atoms with E-state index in [9.17, 15) is 15.0 Å². The van der Waals surface area contributed by atoms with Crippen molar-refractivity contribution in [3.8, 4) is 0 Å². The Morgan fingerprint density at radius 1 is 1.07 bits per heavy atom. The van der Waals surface area contributed by atoms with Crippen LogP contribution in [0.25, 0.3) is 0 Å². The summed E-state index contributed by atoms with van der Waals surface area (Å²) in [4.78, 5) is 12.7. The van der Waals surface area contributed by atoms with Crippen molar-refractivity contribution in [1.82, 2.24) is 10.6 Å². The molecule has 1 fully saturated rings. The molecule has 8 nitrogen and oxygen atoms in total. The fraction of sp³-hybridized carbons (Fsp3) is 0.947. The average Bonchev–Trinajstić information content (AvgIpc) is 2.60. The smallest absolute Gasteiger partial charge is 0.249 e. The molecule has 6 N–H and O–H groups in total. The number of aliphatic hydroxyl groups is 2. The molecule has 0 saturated carbocycles. The van der Waals surface area contributed by atoms with Crippen LogP contribution < -0.4 is 16.4 Å². The molecule has 1 aliphatic rings. The minimum absolute atomic E-state index is 0.0304. The van der Waals surface area contributed by atoms with Crippen LogP contribution in [0.4, 0.5) is 0 Å². The lowest BCUT2D eigenvalue weighted by atomic mass is 9.80. The highest BCUT2D eigenvalue weighted by Gasteiger charge is 2.49. The van der Waals surface area contributed by atoms with Gasteiger partial charge in [0.15, 0.2) is 6.29 Å². The highest BCUT2D eigenvalue weighted by Crippen LogP contribution is 2.32. The number of carbonyl (C=O) groups is 1. The number of aliphatic hydroxyl groups excluding tert-OH is 2. The monoisotopic (exact) mass is 389 g/mol. The van der Waals surface area contributed by atoms with Gasteiger partial charge in [0.05, 0.1) is 12.2 Å². The number of carbonyl (C=O) groups excluding carboxylic acids is 1. The lowest BCUT2D eigenvalue weighted by Gasteiger charge is -2.44. The zero-order chi connectivity index (χ0) is 20.4. The van der Waals surface area contributed by atoms with Gasteiger partial charge >= 0.3 is 0 Å². The topological polar surface area (TPSA) is 126 Å². The van der Waals surface area contributed by atoms with Gasteiger partial charge < -0.3 is 36.1 Å². The van der Waals surface area contributed by atoms with E-state index in [0.717, 1.165) is 32.4 Å². The largest absolute Gasteiger partial charge is 0.390 e. The Morgan fingerprint density at radius 2 is 1.70 bits per heavy atom. The summed E-state index contributed by atoms with van der Waals surface area (Å²) in [5.41, 5.74) is 5.44. The number of hydrogen-bond donors (Lipinski definition) is 5. The quantitative estimate of drug-likeness (QED) is 0.297. The first-order valence-corrected chi connectivity index (χ1v) is 10.1. The van der Waals surface area contributed by atoms with Gasteiger partial charge in [-0.15, -0.1) is 0 Å². The number of nitrogens with two attached hydrogens (primary N) is 1. The van der Waals surface area contributed by atoms with Gasteiger partial charge in [-0.2, -0.15) is 0 Å². The summed E-state index contributed by atoms with van der Waals surface area (Å²) in [6, 6.07) is 0. The van der Waals surface area contributed by atoms with Crippen LogP contribution in [0.5, 0.6) is 0 Å². The second kappa shape index (κ2) is 12.6. The van der Waals surface area contributed by atoms with Crippen LogP contribution >= 0.6 is 0 Å². The molecule has 0 aromatic rings. The lowest BCUT2D eigenvalue weighted by molar-refractivity contribution is -0.293. The van der Waals surface area contributed by atoms with Gasteiger partial charge in [-0.25, -0.2) is 0 Å². The first kappa shape index (κ1) is 24.3. The molecule has 0 radical (unpaired) electrons. The number of ether oxygens (including phenoxy) is 2. The minimum atomic E-state index is -1.18. The van der Waals surface area contributed by atoms with Gasteiger partial charge in [-0.1, -0.05) is 13.8 Å². The Balaban J connectivity index is 2.52. The van der Waals surface area contributed by atoms with E-state index in [-0.39, 0.29) is 17.9 Å². The molecule has 0 aromatic carbocycles. The van der Waals surface area contributed by atoms with Crippen molar-refractivity contribution >= 4 is 5.91 Å². The molecule has 0 aliphatic carbocycles. The van der Waals surface area contributed by atoms with E-state index >= 15 is 0 Å². The third-order valence-electron chi connectivity index (χ3n) is 4.73. The summed E-state index contributed by atoms with van der Waals surface area (Å²) in [6.07, 6.45) is -1.56. The third kappa shape index (κ3) is 8.01. The molecule has 8 heteroatoms. The highest BCUT2D eigenvalue weighted by molar-refractivity contribution is 5.81. The number of unbranched alkanes of at least 4 members (excludes halogenated alkanes) is 1. The molecule has 1 saturated heterocycles. The van der Waals surface area contributed by atoms with Crippen LogP contribution in [0.3, 0.4) is 0 Å². The van der Waals surface area contributed by atoms with Gasteiger partial charge in [0, 0.05) is 12.5 Å². The molecular weight excluding hydrogens is 350 g/mol. The van der Waals surface area contributed by atoms with Crippen LogP contribution in [0.1, 0.15) is 47.0 Å². The maximum atomic E-state index is 12.7. The summed E-state index contributed by atoms with van der Waals surface area (Å²) in [6.45, 7) is 10.5. The molecule has 27 heavy (non-hydrogen) atoms. The zero-order valence-corrected chi connectivity index (χ0v) is 17.2. The van der Waals surface area contributed by atoms with Gasteiger partial charge in [-0.05, 0) is 58.7 Å². The van der Waals surface area contributed by atoms with Crippen molar-refractivity contribution in [2.45, 2.75) is 77.7 Å². The van der Waals surface area contributed by atoms with Crippen molar-refractivity contribution in [2.24, 2.45) is 17.6 Å². The molecule has 1 heterocycles. The first-order chi connectivity index (χ1) is 12.8. The van der Waals surface area contributed by atoms with Crippen molar-refractivity contribution in [1.29, 1.82) is 0 Å². The number of rotatable bonds is 12. The molecule has 1 aliphatic heterocycles. The minimum Gasteiger partial charge on any atom is -0.390 e. The summed E-state index contributed by atoms with van der Waals surface area (Å²) in [5.74, 6) is -0.796. The standard InChI is InChI=1S/C19H39N3O5/c1-12(2)14-15(23)16(24)19(26-13(3)4)27-17(14)18(25)22-11-6-5-9-21-10-7-8-20/h12-17,19,21,23-24H,5-11,20H2,1-4H3,(H,22,25). The lowest BCUT2D eigenvalue weighted by Crippen LogP contribution is -2.60. The fourth-order valence-electron chi connectivity index (χ4n) is 3.28. The molecule has 0 spiro atoms. The van der Waals surface area contributed by atoms with Crippen molar-refractivity contribution in [3.05, 3.63) is 0 Å². The van der Waals surface area contributed by atoms with Crippen LogP contribution in [-0.2, 0) is 14.3 Å².